The van der Waals surface area contributed by atoms with Crippen molar-refractivity contribution in [3.05, 3.63) is 0 Å². The molecule has 2 aliphatic heterocycles. The summed E-state index contributed by atoms with van der Waals surface area (Å²) in [5.74, 6) is 0.211. The summed E-state index contributed by atoms with van der Waals surface area (Å²) in [5.41, 5.74) is 0. The van der Waals surface area contributed by atoms with Crippen LogP contribution in [0.4, 0.5) is 9.59 Å². The molecule has 6 nitrogen and oxygen atoms in total. The number of hydrogen-bond donors (Lipinski definition) is 2. The molecule has 2 fully saturated rings. The van der Waals surface area contributed by atoms with Crippen molar-refractivity contribution in [2.75, 3.05) is 11.5 Å². The van der Waals surface area contributed by atoms with E-state index in [-0.39, 0.29) is 51.9 Å². The van der Waals surface area contributed by atoms with Gasteiger partial charge in [-0.3, -0.25) is 29.8 Å². The number of hydrogen-bond acceptors (Lipinski definition) is 6. The van der Waals surface area contributed by atoms with Gasteiger partial charge in [0.2, 0.25) is 11.8 Å². The van der Waals surface area contributed by atoms with Crippen molar-refractivity contribution >= 4 is 75.4 Å². The number of amides is 4. The third-order valence-electron chi connectivity index (χ3n) is 1.15. The molecule has 2 saturated heterocycles. The first kappa shape index (κ1) is 15.0. The van der Waals surface area contributed by atoms with Gasteiger partial charge >= 0.3 is 0 Å². The molecule has 2 rings (SSSR count). The summed E-state index contributed by atoms with van der Waals surface area (Å²) in [5, 5.41) is 3.74. The minimum atomic E-state index is -0.231. The number of carbonyl (C=O) groups excluding carboxylic acids is 4. The standard InChI is InChI=1S/2C3H3NO2S.Na/c2*5-2-1-7-3(6)4-2;/h2*1H2,(H,4,5,6);. The van der Waals surface area contributed by atoms with E-state index < -0.39 is 0 Å². The summed E-state index contributed by atoms with van der Waals surface area (Å²) in [7, 11) is 0. The van der Waals surface area contributed by atoms with E-state index in [1.165, 1.54) is 0 Å². The van der Waals surface area contributed by atoms with Crippen molar-refractivity contribution in [1.82, 2.24) is 10.6 Å². The Hall–Kier alpha value is -0.0200. The Morgan fingerprint density at radius 3 is 1.20 bits per heavy atom. The molecule has 0 unspecified atom stereocenters. The molecule has 0 aromatic rings. The minimum Gasteiger partial charge on any atom is -0.286 e. The molecule has 0 atom stereocenters. The van der Waals surface area contributed by atoms with Crippen LogP contribution >= 0.6 is 23.5 Å². The monoisotopic (exact) mass is 257 g/mol. The topological polar surface area (TPSA) is 92.3 Å². The number of thioether (sulfide) groups is 2. The molecule has 9 heteroatoms. The number of imide groups is 2. The third kappa shape index (κ3) is 6.21. The van der Waals surface area contributed by atoms with Gasteiger partial charge in [-0.05, 0) is 0 Å². The zero-order valence-corrected chi connectivity index (χ0v) is 11.5. The second-order valence-corrected chi connectivity index (χ2v) is 4.14. The van der Waals surface area contributed by atoms with Crippen molar-refractivity contribution in [3.8, 4) is 0 Å². The van der Waals surface area contributed by atoms with Crippen molar-refractivity contribution in [1.29, 1.82) is 0 Å². The van der Waals surface area contributed by atoms with Crippen molar-refractivity contribution < 1.29 is 19.2 Å². The minimum absolute atomic E-state index is 0. The maximum Gasteiger partial charge on any atom is 0.286 e. The van der Waals surface area contributed by atoms with Gasteiger partial charge < -0.3 is 0 Å². The van der Waals surface area contributed by atoms with Crippen molar-refractivity contribution in [2.24, 2.45) is 0 Å². The zero-order chi connectivity index (χ0) is 10.6. The summed E-state index contributed by atoms with van der Waals surface area (Å²) < 4.78 is 0. The van der Waals surface area contributed by atoms with E-state index in [2.05, 4.69) is 10.6 Å². The molecule has 77 valence electrons. The van der Waals surface area contributed by atoms with Crippen LogP contribution in [0.15, 0.2) is 0 Å². The van der Waals surface area contributed by atoms with Gasteiger partial charge in [-0.25, -0.2) is 0 Å². The van der Waals surface area contributed by atoms with E-state index in [1.54, 1.807) is 0 Å². The molecule has 0 saturated carbocycles. The molecule has 0 aromatic heterocycles. The van der Waals surface area contributed by atoms with E-state index in [9.17, 15) is 19.2 Å². The van der Waals surface area contributed by atoms with Crippen LogP contribution in [0.5, 0.6) is 0 Å². The van der Waals surface area contributed by atoms with Crippen LogP contribution in [-0.2, 0) is 9.59 Å². The second-order valence-electron chi connectivity index (χ2n) is 2.25. The van der Waals surface area contributed by atoms with E-state index in [0.717, 1.165) is 23.5 Å². The quantitative estimate of drug-likeness (QED) is 0.571. The third-order valence-corrected chi connectivity index (χ3v) is 2.69. The van der Waals surface area contributed by atoms with Gasteiger partial charge in [0.05, 0.1) is 11.5 Å². The molecule has 1 radical (unpaired) electrons. The fourth-order valence-electron chi connectivity index (χ4n) is 0.634. The smallest absolute Gasteiger partial charge is 0.286 e. The van der Waals surface area contributed by atoms with Crippen LogP contribution in [0.1, 0.15) is 0 Å². The molecule has 4 amide bonds. The predicted octanol–water partition coefficient (Wildman–Crippen LogP) is -0.442. The summed E-state index contributed by atoms with van der Waals surface area (Å²) in [6.07, 6.45) is 0. The fourth-order valence-corrected chi connectivity index (χ4v) is 1.67. The van der Waals surface area contributed by atoms with Gasteiger partial charge in [0.15, 0.2) is 0 Å². The van der Waals surface area contributed by atoms with Gasteiger partial charge in [0, 0.05) is 29.6 Å². The number of nitrogens with one attached hydrogen (secondary N) is 2. The largest absolute Gasteiger partial charge is 0.286 e. The van der Waals surface area contributed by atoms with Crippen LogP contribution in [0.25, 0.3) is 0 Å². The van der Waals surface area contributed by atoms with E-state index >= 15 is 0 Å². The number of rotatable bonds is 0. The maximum atomic E-state index is 10.1. The Morgan fingerprint density at radius 2 is 1.13 bits per heavy atom. The van der Waals surface area contributed by atoms with Gasteiger partial charge in [-0.15, -0.1) is 0 Å². The zero-order valence-electron chi connectivity index (χ0n) is 7.86. The Labute approximate surface area is 116 Å². The normalized spacial score (nSPS) is 18.7. The molecule has 0 spiro atoms. The van der Waals surface area contributed by atoms with Gasteiger partial charge in [0.1, 0.15) is 0 Å². The van der Waals surface area contributed by atoms with Crippen molar-refractivity contribution in [2.45, 2.75) is 0 Å². The summed E-state index contributed by atoms with van der Waals surface area (Å²) in [6.45, 7) is 0. The van der Waals surface area contributed by atoms with Crippen LogP contribution in [-0.4, -0.2) is 63.4 Å². The van der Waals surface area contributed by atoms with Gasteiger partial charge in [-0.1, -0.05) is 23.5 Å². The van der Waals surface area contributed by atoms with E-state index in [1.807, 2.05) is 0 Å². The Balaban J connectivity index is 0.000000245. The van der Waals surface area contributed by atoms with Crippen molar-refractivity contribution in [3.63, 3.8) is 0 Å². The Kier molecular flexibility index (Phi) is 7.28. The van der Waals surface area contributed by atoms with Crippen LogP contribution in [0.2, 0.25) is 0 Å². The molecular formula is C6H6N2NaO4S2. The summed E-state index contributed by atoms with van der Waals surface area (Å²) in [4.78, 5) is 40.4. The molecule has 2 aliphatic rings. The van der Waals surface area contributed by atoms with E-state index in [0.29, 0.717) is 11.5 Å². The number of carbonyl (C=O) groups is 4. The Morgan fingerprint density at radius 1 is 0.800 bits per heavy atom. The van der Waals surface area contributed by atoms with Gasteiger partial charge in [0.25, 0.3) is 10.5 Å². The predicted molar refractivity (Wildman–Crippen MR) is 57.7 cm³/mol. The average molecular weight is 257 g/mol. The second kappa shape index (κ2) is 7.29. The molecule has 0 aromatic carbocycles. The van der Waals surface area contributed by atoms with Crippen LogP contribution in [0, 0.1) is 0 Å². The molecule has 2 heterocycles. The summed E-state index contributed by atoms with van der Waals surface area (Å²) >= 11 is 2.01. The maximum absolute atomic E-state index is 10.1. The first-order valence-electron chi connectivity index (χ1n) is 3.51. The fraction of sp³-hybridized carbons (Fsp3) is 0.333. The Bertz CT molecular complexity index is 252. The summed E-state index contributed by atoms with van der Waals surface area (Å²) in [6, 6.07) is 0. The molecule has 0 aliphatic carbocycles. The molecular weight excluding hydrogens is 251 g/mol. The van der Waals surface area contributed by atoms with Gasteiger partial charge in [-0.2, -0.15) is 0 Å². The molecule has 0 bridgehead atoms. The molecule has 15 heavy (non-hydrogen) atoms. The SMILES string of the molecule is O=C1CSC(=O)N1.O=C1CSC(=O)N1.[Na]. The van der Waals surface area contributed by atoms with Crippen LogP contribution in [0.3, 0.4) is 0 Å². The first-order valence-corrected chi connectivity index (χ1v) is 5.48. The first-order chi connectivity index (χ1) is 6.58. The average Bonchev–Trinajstić information content (AvgIpc) is 2.63. The van der Waals surface area contributed by atoms with E-state index in [4.69, 9.17) is 0 Å². The van der Waals surface area contributed by atoms with Crippen LogP contribution < -0.4 is 10.6 Å². The molecule has 2 N–H and O–H groups in total.